The summed E-state index contributed by atoms with van der Waals surface area (Å²) >= 11 is 0. The van der Waals surface area contributed by atoms with Gasteiger partial charge in [-0.15, -0.1) is 0 Å². The highest BCUT2D eigenvalue weighted by Crippen LogP contribution is 2.27. The average Bonchev–Trinajstić information content (AvgIpc) is 3.14. The Bertz CT molecular complexity index is 1280. The van der Waals surface area contributed by atoms with E-state index in [2.05, 4.69) is 28.6 Å². The highest BCUT2D eigenvalue weighted by molar-refractivity contribution is 7.90. The van der Waals surface area contributed by atoms with Crippen molar-refractivity contribution in [2.45, 2.75) is 18.7 Å². The summed E-state index contributed by atoms with van der Waals surface area (Å²) in [6.07, 6.45) is 3.00. The van der Waals surface area contributed by atoms with E-state index in [1.54, 1.807) is 37.4 Å². The summed E-state index contributed by atoms with van der Waals surface area (Å²) in [7, 11) is -3.88. The summed E-state index contributed by atoms with van der Waals surface area (Å²) in [5.74, 6) is 5.31. The number of fused-ring (bicyclic) bond motifs is 1. The van der Waals surface area contributed by atoms with Gasteiger partial charge in [-0.05, 0) is 32.0 Å². The molecule has 1 aromatic carbocycles. The Labute approximate surface area is 175 Å². The summed E-state index contributed by atoms with van der Waals surface area (Å²) in [5.41, 5.74) is 2.88. The van der Waals surface area contributed by atoms with Crippen molar-refractivity contribution >= 4 is 32.3 Å². The van der Waals surface area contributed by atoms with Crippen molar-refractivity contribution in [2.24, 2.45) is 5.16 Å². The van der Waals surface area contributed by atoms with Crippen LogP contribution in [0.5, 0.6) is 0 Å². The molecule has 0 saturated heterocycles. The van der Waals surface area contributed by atoms with Crippen LogP contribution in [-0.2, 0) is 14.9 Å². The molecule has 7 nitrogen and oxygen atoms in total. The summed E-state index contributed by atoms with van der Waals surface area (Å²) in [5, 5.41) is 13.0. The quantitative estimate of drug-likeness (QED) is 0.374. The smallest absolute Gasteiger partial charge is 0.268 e. The largest absolute Gasteiger partial charge is 0.396 e. The molecule has 154 valence electrons. The van der Waals surface area contributed by atoms with E-state index in [0.29, 0.717) is 40.1 Å². The Morgan fingerprint density at radius 2 is 2.07 bits per heavy atom. The average molecular weight is 423 g/mol. The number of allylic oxidation sites excluding steroid dienone is 1. The van der Waals surface area contributed by atoms with Crippen molar-refractivity contribution in [3.05, 3.63) is 66.5 Å². The van der Waals surface area contributed by atoms with Crippen LogP contribution in [0.25, 0.3) is 16.6 Å². The Kier molecular flexibility index (Phi) is 6.35. The van der Waals surface area contributed by atoms with Gasteiger partial charge in [0.25, 0.3) is 10.0 Å². The molecule has 0 radical (unpaired) electrons. The van der Waals surface area contributed by atoms with Crippen LogP contribution in [0.4, 0.5) is 0 Å². The third-order valence-corrected chi connectivity index (χ3v) is 6.01. The molecule has 3 rings (SSSR count). The molecule has 0 aliphatic rings. The van der Waals surface area contributed by atoms with Crippen LogP contribution in [0.15, 0.2) is 65.4 Å². The topological polar surface area (TPSA) is 93.8 Å². The summed E-state index contributed by atoms with van der Waals surface area (Å²) in [6, 6.07) is 9.79. The Hall–Kier alpha value is -3.41. The number of benzene rings is 1. The third kappa shape index (κ3) is 4.13. The van der Waals surface area contributed by atoms with Gasteiger partial charge in [0, 0.05) is 23.5 Å². The summed E-state index contributed by atoms with van der Waals surface area (Å²) < 4.78 is 27.7. The fraction of sp³-hybridized carbons (Fsp3) is 0.182. The second-order valence-corrected chi connectivity index (χ2v) is 8.10. The second-order valence-electron chi connectivity index (χ2n) is 6.28. The molecule has 0 unspecified atom stereocenters. The minimum atomic E-state index is -3.88. The van der Waals surface area contributed by atoms with Crippen molar-refractivity contribution in [2.75, 3.05) is 13.2 Å². The molecule has 30 heavy (non-hydrogen) atoms. The maximum absolute atomic E-state index is 13.3. The van der Waals surface area contributed by atoms with Crippen molar-refractivity contribution in [1.82, 2.24) is 8.96 Å². The molecule has 0 fully saturated rings. The number of aliphatic hydroxyl groups excluding tert-OH is 1. The van der Waals surface area contributed by atoms with E-state index < -0.39 is 10.0 Å². The van der Waals surface area contributed by atoms with Crippen molar-refractivity contribution in [1.29, 1.82) is 0 Å². The van der Waals surface area contributed by atoms with Gasteiger partial charge in [-0.25, -0.2) is 12.4 Å². The lowest BCUT2D eigenvalue weighted by atomic mass is 10.1. The number of aliphatic hydroxyl groups is 1. The molecule has 0 aliphatic carbocycles. The minimum absolute atomic E-state index is 0.141. The minimum Gasteiger partial charge on any atom is -0.396 e. The van der Waals surface area contributed by atoms with Crippen LogP contribution < -0.4 is 0 Å². The van der Waals surface area contributed by atoms with E-state index in [1.807, 2.05) is 6.92 Å². The lowest BCUT2D eigenvalue weighted by Crippen LogP contribution is -2.12. The molecule has 2 aromatic heterocycles. The SMILES string of the molecule is C=C(/C(C)=N\OCC)c1cnc2c(C#CCO)cn(S(=O)(=O)c3ccccc3)c2c1. The zero-order valence-electron chi connectivity index (χ0n) is 16.7. The number of hydrogen-bond acceptors (Lipinski definition) is 6. The first kappa shape index (κ1) is 21.3. The molecule has 2 heterocycles. The summed E-state index contributed by atoms with van der Waals surface area (Å²) in [4.78, 5) is 9.63. The maximum Gasteiger partial charge on any atom is 0.268 e. The predicted molar refractivity (Wildman–Crippen MR) is 116 cm³/mol. The molecule has 0 atom stereocenters. The third-order valence-electron chi connectivity index (χ3n) is 4.32. The lowest BCUT2D eigenvalue weighted by Gasteiger charge is -2.09. The Morgan fingerprint density at radius 3 is 2.73 bits per heavy atom. The monoisotopic (exact) mass is 423 g/mol. The van der Waals surface area contributed by atoms with Gasteiger partial charge in [0.05, 0.1) is 21.7 Å². The van der Waals surface area contributed by atoms with Crippen LogP contribution in [0.1, 0.15) is 25.0 Å². The first-order valence-corrected chi connectivity index (χ1v) is 10.6. The van der Waals surface area contributed by atoms with Crippen LogP contribution in [0.2, 0.25) is 0 Å². The van der Waals surface area contributed by atoms with Gasteiger partial charge < -0.3 is 9.94 Å². The van der Waals surface area contributed by atoms with E-state index in [0.717, 1.165) is 3.97 Å². The van der Waals surface area contributed by atoms with E-state index >= 15 is 0 Å². The normalized spacial score (nSPS) is 11.8. The highest BCUT2D eigenvalue weighted by Gasteiger charge is 2.22. The van der Waals surface area contributed by atoms with Crippen LogP contribution in [-0.4, -0.2) is 41.4 Å². The van der Waals surface area contributed by atoms with E-state index in [-0.39, 0.29) is 11.5 Å². The van der Waals surface area contributed by atoms with Crippen molar-refractivity contribution < 1.29 is 18.4 Å². The van der Waals surface area contributed by atoms with E-state index in [1.165, 1.54) is 18.3 Å². The molecule has 1 N–H and O–H groups in total. The number of rotatable bonds is 6. The van der Waals surface area contributed by atoms with Gasteiger partial charge in [-0.3, -0.25) is 4.98 Å². The van der Waals surface area contributed by atoms with Gasteiger partial charge in [-0.1, -0.05) is 41.8 Å². The number of hydrogen-bond donors (Lipinski definition) is 1. The van der Waals surface area contributed by atoms with Gasteiger partial charge >= 0.3 is 0 Å². The van der Waals surface area contributed by atoms with Crippen LogP contribution in [0.3, 0.4) is 0 Å². The fourth-order valence-corrected chi connectivity index (χ4v) is 4.17. The number of nitrogens with zero attached hydrogens (tertiary/aromatic N) is 3. The first-order chi connectivity index (χ1) is 14.4. The molecule has 0 spiro atoms. The van der Waals surface area contributed by atoms with Gasteiger partial charge in [0.1, 0.15) is 18.7 Å². The Morgan fingerprint density at radius 1 is 1.33 bits per heavy atom. The lowest BCUT2D eigenvalue weighted by molar-refractivity contribution is 0.159. The first-order valence-electron chi connectivity index (χ1n) is 9.17. The molecule has 8 heteroatoms. The van der Waals surface area contributed by atoms with E-state index in [9.17, 15) is 8.42 Å². The Balaban J connectivity index is 2.22. The van der Waals surface area contributed by atoms with Gasteiger partial charge in [0.2, 0.25) is 0 Å². The maximum atomic E-state index is 13.3. The van der Waals surface area contributed by atoms with Crippen molar-refractivity contribution in [3.8, 4) is 11.8 Å². The standard InChI is InChI=1S/C22H21N3O4S/c1-4-29-24-17(3)16(2)19-13-21-22(23-14-19)18(9-8-12-26)15-25(21)30(27,28)20-10-6-5-7-11-20/h5-7,10-11,13-15,26H,2,4,12H2,1,3H3/b24-17-. The zero-order valence-corrected chi connectivity index (χ0v) is 17.5. The van der Waals surface area contributed by atoms with E-state index in [4.69, 9.17) is 9.94 Å². The molecule has 3 aromatic rings. The van der Waals surface area contributed by atoms with Crippen LogP contribution in [0, 0.1) is 11.8 Å². The second kappa shape index (κ2) is 8.95. The highest BCUT2D eigenvalue weighted by atomic mass is 32.2. The van der Waals surface area contributed by atoms with Gasteiger partial charge in [0.15, 0.2) is 0 Å². The number of aromatic nitrogens is 2. The molecule has 0 bridgehead atoms. The van der Waals surface area contributed by atoms with Crippen LogP contribution >= 0.6 is 0 Å². The number of oxime groups is 1. The number of pyridine rings is 1. The van der Waals surface area contributed by atoms with Crippen molar-refractivity contribution in [3.63, 3.8) is 0 Å². The fourth-order valence-electron chi connectivity index (χ4n) is 2.80. The zero-order chi connectivity index (χ0) is 21.7. The van der Waals surface area contributed by atoms with Gasteiger partial charge in [-0.2, -0.15) is 0 Å². The molecule has 0 aliphatic heterocycles. The molecule has 0 amide bonds. The molecular formula is C22H21N3O4S. The predicted octanol–water partition coefficient (Wildman–Crippen LogP) is 3.04. The summed E-state index contributed by atoms with van der Waals surface area (Å²) in [6.45, 7) is 7.67. The molecule has 0 saturated carbocycles. The molecular weight excluding hydrogens is 402 g/mol.